The van der Waals surface area contributed by atoms with Gasteiger partial charge in [-0.2, -0.15) is 0 Å². The van der Waals surface area contributed by atoms with Crippen LogP contribution in [0.2, 0.25) is 0 Å². The van der Waals surface area contributed by atoms with Crippen LogP contribution < -0.4 is 0 Å². The second kappa shape index (κ2) is 6.24. The molecule has 0 nitrogen and oxygen atoms in total. The number of hydrogen-bond donors (Lipinski definition) is 0. The largest absolute Gasteiger partial charge is 0.0785 e. The summed E-state index contributed by atoms with van der Waals surface area (Å²) in [5, 5.41) is 0. The predicted octanol–water partition coefficient (Wildman–Crippen LogP) is 6.76. The number of allylic oxidation sites excluding steroid dienone is 2. The van der Waals surface area contributed by atoms with E-state index in [-0.39, 0.29) is 0 Å². The number of rotatable bonds is 8. The third kappa shape index (κ3) is 3.00. The number of unbranched alkanes of at least 4 members (excludes halogenated alkanes) is 4. The minimum absolute atomic E-state index is 0.539. The van der Waals surface area contributed by atoms with Crippen LogP contribution in [0.25, 0.3) is 0 Å². The average Bonchev–Trinajstić information content (AvgIpc) is 2.99. The standard InChI is InChI=1S/C20H36/c1-6-8-9-10-11-12-16(3)17-13-18(7-2)20(5)15-19(20,4)14-17/h14,16,18H,6-13,15H2,1-5H3. The van der Waals surface area contributed by atoms with Crippen molar-refractivity contribution in [2.45, 2.75) is 92.4 Å². The van der Waals surface area contributed by atoms with Gasteiger partial charge >= 0.3 is 0 Å². The molecular formula is C20H36. The Labute approximate surface area is 127 Å². The monoisotopic (exact) mass is 276 g/mol. The molecule has 0 spiro atoms. The molecule has 20 heavy (non-hydrogen) atoms. The fraction of sp³-hybridized carbons (Fsp3) is 0.900. The summed E-state index contributed by atoms with van der Waals surface area (Å²) in [7, 11) is 0. The van der Waals surface area contributed by atoms with Gasteiger partial charge in [0.05, 0.1) is 0 Å². The van der Waals surface area contributed by atoms with Gasteiger partial charge in [-0.25, -0.2) is 0 Å². The van der Waals surface area contributed by atoms with Crippen molar-refractivity contribution < 1.29 is 0 Å². The van der Waals surface area contributed by atoms with Gasteiger partial charge in [-0.1, -0.05) is 84.8 Å². The molecule has 2 aliphatic carbocycles. The molecular weight excluding hydrogens is 240 g/mol. The molecule has 0 aromatic heterocycles. The highest BCUT2D eigenvalue weighted by atomic mass is 14.7. The van der Waals surface area contributed by atoms with Crippen LogP contribution in [0.3, 0.4) is 0 Å². The summed E-state index contributed by atoms with van der Waals surface area (Å²) in [6.45, 7) is 12.2. The maximum absolute atomic E-state index is 2.69. The summed E-state index contributed by atoms with van der Waals surface area (Å²) in [6.07, 6.45) is 15.4. The third-order valence-corrected chi connectivity index (χ3v) is 6.67. The molecule has 0 amide bonds. The number of hydrogen-bond acceptors (Lipinski definition) is 0. The van der Waals surface area contributed by atoms with Crippen molar-refractivity contribution >= 4 is 0 Å². The molecule has 0 N–H and O–H groups in total. The summed E-state index contributed by atoms with van der Waals surface area (Å²) in [5.41, 5.74) is 2.97. The molecule has 0 aromatic rings. The van der Waals surface area contributed by atoms with Crippen LogP contribution in [-0.4, -0.2) is 0 Å². The predicted molar refractivity (Wildman–Crippen MR) is 89.9 cm³/mol. The quantitative estimate of drug-likeness (QED) is 0.339. The minimum Gasteiger partial charge on any atom is -0.0785 e. The van der Waals surface area contributed by atoms with Crippen LogP contribution in [0, 0.1) is 22.7 Å². The van der Waals surface area contributed by atoms with Crippen molar-refractivity contribution in [3.63, 3.8) is 0 Å². The van der Waals surface area contributed by atoms with E-state index in [1.165, 1.54) is 57.8 Å². The highest BCUT2D eigenvalue weighted by Gasteiger charge is 2.64. The van der Waals surface area contributed by atoms with Crippen LogP contribution in [0.5, 0.6) is 0 Å². The van der Waals surface area contributed by atoms with E-state index in [4.69, 9.17) is 0 Å². The van der Waals surface area contributed by atoms with Crippen molar-refractivity contribution in [2.75, 3.05) is 0 Å². The summed E-state index contributed by atoms with van der Waals surface area (Å²) in [6, 6.07) is 0. The second-order valence-corrected chi connectivity index (χ2v) is 8.14. The lowest BCUT2D eigenvalue weighted by Gasteiger charge is -2.34. The van der Waals surface area contributed by atoms with E-state index in [0.717, 1.165) is 11.8 Å². The lowest BCUT2D eigenvalue weighted by molar-refractivity contribution is 0.246. The van der Waals surface area contributed by atoms with E-state index < -0.39 is 0 Å². The molecule has 4 unspecified atom stereocenters. The number of fused-ring (bicyclic) bond motifs is 1. The first-order chi connectivity index (χ1) is 9.47. The smallest absolute Gasteiger partial charge is 0.00813 e. The fourth-order valence-corrected chi connectivity index (χ4v) is 4.70. The van der Waals surface area contributed by atoms with Gasteiger partial charge in [0.2, 0.25) is 0 Å². The van der Waals surface area contributed by atoms with Gasteiger partial charge in [0.15, 0.2) is 0 Å². The Hall–Kier alpha value is -0.260. The molecule has 1 saturated carbocycles. The van der Waals surface area contributed by atoms with Crippen molar-refractivity contribution in [1.29, 1.82) is 0 Å². The topological polar surface area (TPSA) is 0 Å². The summed E-state index contributed by atoms with van der Waals surface area (Å²) >= 11 is 0. The van der Waals surface area contributed by atoms with Gasteiger partial charge in [-0.05, 0) is 41.9 Å². The van der Waals surface area contributed by atoms with Crippen LogP contribution >= 0.6 is 0 Å². The average molecular weight is 277 g/mol. The first kappa shape index (κ1) is 16.1. The maximum Gasteiger partial charge on any atom is -0.00813 e. The highest BCUT2D eigenvalue weighted by Crippen LogP contribution is 2.72. The first-order valence-corrected chi connectivity index (χ1v) is 9.18. The molecule has 0 heteroatoms. The lowest BCUT2D eigenvalue weighted by Crippen LogP contribution is -2.24. The van der Waals surface area contributed by atoms with Gasteiger partial charge in [-0.3, -0.25) is 0 Å². The molecule has 0 aromatic carbocycles. The van der Waals surface area contributed by atoms with Gasteiger partial charge in [-0.15, -0.1) is 0 Å². The highest BCUT2D eigenvalue weighted by molar-refractivity contribution is 5.30. The molecule has 1 fully saturated rings. The Morgan fingerprint density at radius 3 is 2.50 bits per heavy atom. The molecule has 0 heterocycles. The van der Waals surface area contributed by atoms with Crippen molar-refractivity contribution in [2.24, 2.45) is 22.7 Å². The molecule has 0 aliphatic heterocycles. The SMILES string of the molecule is CCCCCCCC(C)C1=CC2(C)CC2(C)C(CC)C1. The van der Waals surface area contributed by atoms with Crippen LogP contribution in [0.1, 0.15) is 92.4 Å². The normalized spacial score (nSPS) is 37.2. The fourth-order valence-electron chi connectivity index (χ4n) is 4.70. The van der Waals surface area contributed by atoms with E-state index in [2.05, 4.69) is 40.7 Å². The van der Waals surface area contributed by atoms with Crippen LogP contribution in [-0.2, 0) is 0 Å². The summed E-state index contributed by atoms with van der Waals surface area (Å²) < 4.78 is 0. The van der Waals surface area contributed by atoms with Crippen LogP contribution in [0.4, 0.5) is 0 Å². The molecule has 0 saturated heterocycles. The van der Waals surface area contributed by atoms with E-state index >= 15 is 0 Å². The Morgan fingerprint density at radius 1 is 1.15 bits per heavy atom. The van der Waals surface area contributed by atoms with Gasteiger partial charge in [0.25, 0.3) is 0 Å². The first-order valence-electron chi connectivity index (χ1n) is 9.18. The summed E-state index contributed by atoms with van der Waals surface area (Å²) in [4.78, 5) is 0. The zero-order chi connectivity index (χ0) is 14.8. The Balaban J connectivity index is 1.86. The molecule has 0 radical (unpaired) electrons. The van der Waals surface area contributed by atoms with E-state index in [9.17, 15) is 0 Å². The maximum atomic E-state index is 2.69. The van der Waals surface area contributed by atoms with Gasteiger partial charge < -0.3 is 0 Å². The molecule has 4 atom stereocenters. The second-order valence-electron chi connectivity index (χ2n) is 8.14. The van der Waals surface area contributed by atoms with E-state index in [0.29, 0.717) is 10.8 Å². The van der Waals surface area contributed by atoms with E-state index in [1.807, 2.05) is 0 Å². The Morgan fingerprint density at radius 2 is 1.85 bits per heavy atom. The van der Waals surface area contributed by atoms with Crippen molar-refractivity contribution in [1.82, 2.24) is 0 Å². The summed E-state index contributed by atoms with van der Waals surface area (Å²) in [5.74, 6) is 1.77. The Kier molecular flexibility index (Phi) is 5.03. The van der Waals surface area contributed by atoms with Crippen molar-refractivity contribution in [3.05, 3.63) is 11.6 Å². The third-order valence-electron chi connectivity index (χ3n) is 6.67. The van der Waals surface area contributed by atoms with Gasteiger partial charge in [0, 0.05) is 0 Å². The Bertz CT molecular complexity index is 353. The van der Waals surface area contributed by atoms with E-state index in [1.54, 1.807) is 5.57 Å². The van der Waals surface area contributed by atoms with Crippen molar-refractivity contribution in [3.8, 4) is 0 Å². The zero-order valence-electron chi connectivity index (χ0n) is 14.6. The minimum atomic E-state index is 0.539. The molecule has 0 bridgehead atoms. The van der Waals surface area contributed by atoms with Gasteiger partial charge in [0.1, 0.15) is 0 Å². The zero-order valence-corrected chi connectivity index (χ0v) is 14.6. The molecule has 2 aliphatic rings. The molecule has 116 valence electrons. The molecule has 2 rings (SSSR count). The lowest BCUT2D eigenvalue weighted by atomic mass is 9.70. The van der Waals surface area contributed by atoms with Crippen LogP contribution in [0.15, 0.2) is 11.6 Å².